The van der Waals surface area contributed by atoms with E-state index in [-0.39, 0.29) is 31.1 Å². The van der Waals surface area contributed by atoms with Gasteiger partial charge in [0.2, 0.25) is 5.91 Å². The number of ether oxygens (including phenoxy) is 2. The highest BCUT2D eigenvalue weighted by molar-refractivity contribution is 6.01. The molecule has 1 aliphatic rings. The summed E-state index contributed by atoms with van der Waals surface area (Å²) in [5.41, 5.74) is 4.82. The maximum Gasteiger partial charge on any atom is 0.258 e. The second-order valence-corrected chi connectivity index (χ2v) is 9.20. The van der Waals surface area contributed by atoms with Gasteiger partial charge in [-0.1, -0.05) is 29.4 Å². The smallest absolute Gasteiger partial charge is 0.258 e. The minimum absolute atomic E-state index is 0.0930. The van der Waals surface area contributed by atoms with Crippen molar-refractivity contribution in [3.8, 4) is 5.75 Å². The first-order valence-electron chi connectivity index (χ1n) is 12.2. The van der Waals surface area contributed by atoms with Crippen LogP contribution >= 0.6 is 0 Å². The molecule has 190 valence electrons. The number of amides is 2. The summed E-state index contributed by atoms with van der Waals surface area (Å²) in [6.07, 6.45) is 1.70. The number of nitrogens with one attached hydrogen (secondary N) is 1. The van der Waals surface area contributed by atoms with Crippen LogP contribution in [0.3, 0.4) is 0 Å². The lowest BCUT2D eigenvalue weighted by atomic mass is 10.1. The van der Waals surface area contributed by atoms with Crippen LogP contribution in [0.15, 0.2) is 47.0 Å². The predicted octanol–water partition coefficient (Wildman–Crippen LogP) is 4.75. The van der Waals surface area contributed by atoms with Crippen molar-refractivity contribution < 1.29 is 23.6 Å². The molecule has 1 unspecified atom stereocenters. The summed E-state index contributed by atoms with van der Waals surface area (Å²) in [6.45, 7) is 8.77. The number of hydrogen-bond donors (Lipinski definition) is 1. The Kier molecular flexibility index (Phi) is 8.05. The third-order valence-corrected chi connectivity index (χ3v) is 6.62. The van der Waals surface area contributed by atoms with Crippen molar-refractivity contribution >= 4 is 17.5 Å². The average molecular weight is 492 g/mol. The van der Waals surface area contributed by atoms with Gasteiger partial charge in [-0.2, -0.15) is 0 Å². The molecular weight excluding hydrogens is 458 g/mol. The first-order chi connectivity index (χ1) is 17.3. The van der Waals surface area contributed by atoms with Gasteiger partial charge in [0, 0.05) is 18.8 Å². The predicted molar refractivity (Wildman–Crippen MR) is 136 cm³/mol. The molecule has 0 aliphatic carbocycles. The molecule has 1 saturated heterocycles. The summed E-state index contributed by atoms with van der Waals surface area (Å²) in [7, 11) is 0. The van der Waals surface area contributed by atoms with Gasteiger partial charge in [0.1, 0.15) is 24.7 Å². The maximum absolute atomic E-state index is 13.7. The molecule has 1 fully saturated rings. The van der Waals surface area contributed by atoms with E-state index in [1.807, 2.05) is 52.0 Å². The first kappa shape index (κ1) is 25.4. The Hall–Kier alpha value is -3.65. The van der Waals surface area contributed by atoms with Crippen molar-refractivity contribution in [3.05, 3.63) is 76.2 Å². The first-order valence-corrected chi connectivity index (χ1v) is 12.2. The lowest BCUT2D eigenvalue weighted by Gasteiger charge is -2.26. The van der Waals surface area contributed by atoms with E-state index in [2.05, 4.69) is 10.5 Å². The Morgan fingerprint density at radius 2 is 1.92 bits per heavy atom. The molecule has 3 aromatic rings. The minimum atomic E-state index is -0.282. The van der Waals surface area contributed by atoms with Gasteiger partial charge in [0.15, 0.2) is 0 Å². The van der Waals surface area contributed by atoms with Crippen molar-refractivity contribution in [2.24, 2.45) is 0 Å². The van der Waals surface area contributed by atoms with E-state index in [0.29, 0.717) is 30.2 Å². The molecule has 1 N–H and O–H groups in total. The summed E-state index contributed by atoms with van der Waals surface area (Å²) < 4.78 is 17.0. The summed E-state index contributed by atoms with van der Waals surface area (Å²) in [5.74, 6) is 0.578. The molecule has 0 bridgehead atoms. The fourth-order valence-corrected chi connectivity index (χ4v) is 4.30. The molecule has 1 atom stereocenters. The molecular formula is C28H33N3O5. The molecule has 36 heavy (non-hydrogen) atoms. The number of carbonyl (C=O) groups is 2. The number of aromatic nitrogens is 1. The molecule has 0 spiro atoms. The number of para-hydroxylation sites is 1. The Morgan fingerprint density at radius 1 is 1.11 bits per heavy atom. The number of anilines is 1. The van der Waals surface area contributed by atoms with E-state index in [9.17, 15) is 9.59 Å². The van der Waals surface area contributed by atoms with Crippen LogP contribution in [-0.2, 0) is 16.1 Å². The number of rotatable bonds is 9. The maximum atomic E-state index is 13.7. The lowest BCUT2D eigenvalue weighted by Crippen LogP contribution is -2.42. The molecule has 2 amide bonds. The Morgan fingerprint density at radius 3 is 2.64 bits per heavy atom. The third kappa shape index (κ3) is 5.94. The van der Waals surface area contributed by atoms with Crippen LogP contribution in [0.2, 0.25) is 0 Å². The Labute approximate surface area is 211 Å². The summed E-state index contributed by atoms with van der Waals surface area (Å²) in [4.78, 5) is 28.3. The van der Waals surface area contributed by atoms with Gasteiger partial charge in [-0.15, -0.1) is 0 Å². The number of hydrogen-bond acceptors (Lipinski definition) is 6. The zero-order chi connectivity index (χ0) is 25.7. The highest BCUT2D eigenvalue weighted by atomic mass is 16.5. The molecule has 1 aromatic heterocycles. The van der Waals surface area contributed by atoms with Crippen molar-refractivity contribution in [3.63, 3.8) is 0 Å². The number of nitrogens with zero attached hydrogens (tertiary/aromatic N) is 2. The SMILES string of the molecule is Cc1cccc(NC(=O)CN(CC2CCCO2)C(=O)c2ccccc2OCc2c(C)noc2C)c1C. The van der Waals surface area contributed by atoms with Gasteiger partial charge < -0.3 is 24.2 Å². The van der Waals surface area contributed by atoms with Crippen LogP contribution in [0, 0.1) is 27.7 Å². The number of aryl methyl sites for hydroxylation is 3. The number of benzene rings is 2. The highest BCUT2D eigenvalue weighted by Gasteiger charge is 2.27. The van der Waals surface area contributed by atoms with Gasteiger partial charge >= 0.3 is 0 Å². The van der Waals surface area contributed by atoms with Crippen molar-refractivity contribution in [1.29, 1.82) is 0 Å². The molecule has 1 aliphatic heterocycles. The van der Waals surface area contributed by atoms with E-state index < -0.39 is 0 Å². The van der Waals surface area contributed by atoms with Crippen LogP contribution in [-0.4, -0.2) is 47.7 Å². The number of carbonyl (C=O) groups excluding carboxylic acids is 2. The molecule has 8 nitrogen and oxygen atoms in total. The van der Waals surface area contributed by atoms with Gasteiger partial charge in [0.05, 0.1) is 22.9 Å². The average Bonchev–Trinajstić information content (AvgIpc) is 3.49. The largest absolute Gasteiger partial charge is 0.488 e. The molecule has 2 heterocycles. The fourth-order valence-electron chi connectivity index (χ4n) is 4.30. The minimum Gasteiger partial charge on any atom is -0.488 e. The molecule has 0 saturated carbocycles. The van der Waals surface area contributed by atoms with Gasteiger partial charge in [0.25, 0.3) is 5.91 Å². The Balaban J connectivity index is 1.53. The van der Waals surface area contributed by atoms with Gasteiger partial charge in [-0.05, 0) is 69.9 Å². The standard InChI is InChI=1S/C28H33N3O5/c1-18-9-7-12-25(19(18)2)29-27(32)16-31(15-22-10-8-14-34-22)28(33)23-11-5-6-13-26(23)35-17-24-20(3)30-36-21(24)4/h5-7,9,11-13,22H,8,10,14-17H2,1-4H3,(H,29,32). The van der Waals surface area contributed by atoms with E-state index in [4.69, 9.17) is 14.0 Å². The van der Waals surface area contributed by atoms with Gasteiger partial charge in [-0.25, -0.2) is 0 Å². The van der Waals surface area contributed by atoms with Crippen LogP contribution < -0.4 is 10.1 Å². The Bertz CT molecular complexity index is 1210. The topological polar surface area (TPSA) is 93.9 Å². The van der Waals surface area contributed by atoms with Crippen molar-refractivity contribution in [2.45, 2.75) is 53.2 Å². The van der Waals surface area contributed by atoms with E-state index in [1.165, 1.54) is 0 Å². The second kappa shape index (κ2) is 11.4. The van der Waals surface area contributed by atoms with E-state index >= 15 is 0 Å². The zero-order valence-corrected chi connectivity index (χ0v) is 21.3. The molecule has 0 radical (unpaired) electrons. The second-order valence-electron chi connectivity index (χ2n) is 9.20. The quantitative estimate of drug-likeness (QED) is 0.464. The third-order valence-electron chi connectivity index (χ3n) is 6.62. The normalized spacial score (nSPS) is 15.1. The lowest BCUT2D eigenvalue weighted by molar-refractivity contribution is -0.117. The van der Waals surface area contributed by atoms with E-state index in [1.54, 1.807) is 23.1 Å². The van der Waals surface area contributed by atoms with Crippen molar-refractivity contribution in [2.75, 3.05) is 25.0 Å². The molecule has 4 rings (SSSR count). The summed E-state index contributed by atoms with van der Waals surface area (Å²) in [6, 6.07) is 12.8. The van der Waals surface area contributed by atoms with Crippen LogP contribution in [0.4, 0.5) is 5.69 Å². The van der Waals surface area contributed by atoms with Gasteiger partial charge in [-0.3, -0.25) is 9.59 Å². The fraction of sp³-hybridized carbons (Fsp3) is 0.393. The molecule has 2 aromatic carbocycles. The van der Waals surface area contributed by atoms with Crippen LogP contribution in [0.5, 0.6) is 5.75 Å². The monoisotopic (exact) mass is 491 g/mol. The zero-order valence-electron chi connectivity index (χ0n) is 21.3. The van der Waals surface area contributed by atoms with Crippen LogP contribution in [0.25, 0.3) is 0 Å². The molecule has 8 heteroatoms. The van der Waals surface area contributed by atoms with Crippen molar-refractivity contribution in [1.82, 2.24) is 10.1 Å². The van der Waals surface area contributed by atoms with E-state index in [0.717, 1.165) is 40.9 Å². The highest BCUT2D eigenvalue weighted by Crippen LogP contribution is 2.24. The van der Waals surface area contributed by atoms with Crippen LogP contribution in [0.1, 0.15) is 51.3 Å². The summed E-state index contributed by atoms with van der Waals surface area (Å²) >= 11 is 0. The summed E-state index contributed by atoms with van der Waals surface area (Å²) in [5, 5.41) is 6.92.